The summed E-state index contributed by atoms with van der Waals surface area (Å²) in [4.78, 5) is 21.5. The number of aliphatic carboxylic acids is 1. The van der Waals surface area contributed by atoms with Crippen LogP contribution < -0.4 is 5.76 Å². The molecule has 5 nitrogen and oxygen atoms in total. The van der Waals surface area contributed by atoms with Crippen LogP contribution in [0.2, 0.25) is 0 Å². The number of alkyl halides is 2. The highest BCUT2D eigenvalue weighted by Crippen LogP contribution is 2.23. The molecule has 2 aromatic rings. The van der Waals surface area contributed by atoms with Crippen molar-refractivity contribution in [1.82, 2.24) is 4.57 Å². The Balaban J connectivity index is 2.43. The standard InChI is InChI=1S/C11H9F2NO4/c1-14-7-3-2-6(4-8(7)18-10(14)17)5-11(12,13)9(15)16/h2-4H,5H2,1H3,(H,15,16). The Morgan fingerprint density at radius 1 is 1.50 bits per heavy atom. The molecule has 1 aromatic carbocycles. The number of oxazole rings is 1. The first kappa shape index (κ1) is 12.3. The van der Waals surface area contributed by atoms with Gasteiger partial charge in [0.15, 0.2) is 5.58 Å². The van der Waals surface area contributed by atoms with Crippen molar-refractivity contribution in [2.24, 2.45) is 7.05 Å². The number of carboxylic acid groups (broad SMARTS) is 1. The molecule has 0 aliphatic carbocycles. The minimum absolute atomic E-state index is 0.0873. The maximum absolute atomic E-state index is 13.0. The van der Waals surface area contributed by atoms with E-state index in [0.29, 0.717) is 5.52 Å². The second-order valence-electron chi connectivity index (χ2n) is 3.92. The molecule has 0 saturated carbocycles. The number of hydrogen-bond acceptors (Lipinski definition) is 3. The summed E-state index contributed by atoms with van der Waals surface area (Å²) in [5, 5.41) is 8.34. The molecule has 96 valence electrons. The van der Waals surface area contributed by atoms with E-state index in [-0.39, 0.29) is 11.1 Å². The first-order valence-electron chi connectivity index (χ1n) is 5.01. The Bertz CT molecular complexity index is 671. The van der Waals surface area contributed by atoms with Crippen LogP contribution in [0.25, 0.3) is 11.1 Å². The largest absolute Gasteiger partial charge is 0.477 e. The van der Waals surface area contributed by atoms with E-state index in [4.69, 9.17) is 9.52 Å². The summed E-state index contributed by atoms with van der Waals surface area (Å²) in [5.74, 6) is -6.63. The number of halogens is 2. The lowest BCUT2D eigenvalue weighted by molar-refractivity contribution is -0.164. The highest BCUT2D eigenvalue weighted by molar-refractivity contribution is 5.77. The Hall–Kier alpha value is -2.18. The van der Waals surface area contributed by atoms with Crippen LogP contribution in [0.3, 0.4) is 0 Å². The van der Waals surface area contributed by atoms with Gasteiger partial charge in [-0.1, -0.05) is 6.07 Å². The summed E-state index contributed by atoms with van der Waals surface area (Å²) in [6.07, 6.45) is -0.948. The van der Waals surface area contributed by atoms with Gasteiger partial charge in [-0.05, 0) is 17.7 Å². The number of hydrogen-bond donors (Lipinski definition) is 1. The lowest BCUT2D eigenvalue weighted by atomic mass is 10.1. The van der Waals surface area contributed by atoms with Crippen LogP contribution in [-0.4, -0.2) is 21.6 Å². The van der Waals surface area contributed by atoms with E-state index in [0.717, 1.165) is 0 Å². The highest BCUT2D eigenvalue weighted by Gasteiger charge is 2.38. The average Bonchev–Trinajstić information content (AvgIpc) is 2.53. The fourth-order valence-electron chi connectivity index (χ4n) is 1.62. The SMILES string of the molecule is Cn1c(=O)oc2cc(CC(F)(F)C(=O)O)ccc21. The zero-order chi connectivity index (χ0) is 13.5. The maximum atomic E-state index is 13.0. The Labute approximate surface area is 99.2 Å². The first-order valence-corrected chi connectivity index (χ1v) is 5.01. The van der Waals surface area contributed by atoms with E-state index >= 15 is 0 Å². The first-order chi connectivity index (χ1) is 8.31. The van der Waals surface area contributed by atoms with Crippen LogP contribution in [0.1, 0.15) is 5.56 Å². The summed E-state index contributed by atoms with van der Waals surface area (Å²) in [7, 11) is 1.49. The van der Waals surface area contributed by atoms with Gasteiger partial charge in [0.1, 0.15) is 0 Å². The van der Waals surface area contributed by atoms with E-state index in [1.54, 1.807) is 0 Å². The number of fused-ring (bicyclic) bond motifs is 1. The van der Waals surface area contributed by atoms with Gasteiger partial charge in [-0.15, -0.1) is 0 Å². The number of benzene rings is 1. The van der Waals surface area contributed by atoms with E-state index in [9.17, 15) is 18.4 Å². The number of nitrogens with zero attached hydrogens (tertiary/aromatic N) is 1. The second-order valence-corrected chi connectivity index (χ2v) is 3.92. The van der Waals surface area contributed by atoms with Crippen molar-refractivity contribution < 1.29 is 23.1 Å². The fourth-order valence-corrected chi connectivity index (χ4v) is 1.62. The van der Waals surface area contributed by atoms with Gasteiger partial charge in [-0.3, -0.25) is 4.57 Å². The molecule has 1 aromatic heterocycles. The summed E-state index contributed by atoms with van der Waals surface area (Å²) in [5.41, 5.74) is 0.702. The summed E-state index contributed by atoms with van der Waals surface area (Å²) in [6.45, 7) is 0. The number of carboxylic acids is 1. The molecule has 2 rings (SSSR count). The molecule has 0 saturated heterocycles. The van der Waals surface area contributed by atoms with Gasteiger partial charge in [0.25, 0.3) is 0 Å². The minimum Gasteiger partial charge on any atom is -0.477 e. The van der Waals surface area contributed by atoms with Gasteiger partial charge < -0.3 is 9.52 Å². The molecule has 0 aliphatic heterocycles. The molecule has 0 fully saturated rings. The lowest BCUT2D eigenvalue weighted by Gasteiger charge is -2.10. The summed E-state index contributed by atoms with van der Waals surface area (Å²) < 4.78 is 32.1. The Kier molecular flexibility index (Phi) is 2.68. The van der Waals surface area contributed by atoms with Crippen LogP contribution in [0.4, 0.5) is 8.78 Å². The molecule has 18 heavy (non-hydrogen) atoms. The molecule has 0 atom stereocenters. The van der Waals surface area contributed by atoms with Crippen molar-refractivity contribution in [3.8, 4) is 0 Å². The van der Waals surface area contributed by atoms with Crippen molar-refractivity contribution in [3.05, 3.63) is 34.3 Å². The van der Waals surface area contributed by atoms with Crippen LogP contribution in [-0.2, 0) is 18.3 Å². The minimum atomic E-state index is -3.84. The average molecular weight is 257 g/mol. The van der Waals surface area contributed by atoms with Gasteiger partial charge in [0.05, 0.1) is 5.52 Å². The molecule has 1 N–H and O–H groups in total. The molecule has 0 unspecified atom stereocenters. The Morgan fingerprint density at radius 2 is 2.17 bits per heavy atom. The van der Waals surface area contributed by atoms with Gasteiger partial charge in [0, 0.05) is 13.5 Å². The third-order valence-corrected chi connectivity index (χ3v) is 2.60. The zero-order valence-electron chi connectivity index (χ0n) is 9.31. The maximum Gasteiger partial charge on any atom is 0.419 e. The molecule has 7 heteroatoms. The van der Waals surface area contributed by atoms with Crippen molar-refractivity contribution in [1.29, 1.82) is 0 Å². The number of aryl methyl sites for hydroxylation is 1. The normalized spacial score (nSPS) is 11.9. The van der Waals surface area contributed by atoms with Crippen molar-refractivity contribution in [2.75, 3.05) is 0 Å². The third-order valence-electron chi connectivity index (χ3n) is 2.60. The molecule has 0 aliphatic rings. The fraction of sp³-hybridized carbons (Fsp3) is 0.273. The van der Waals surface area contributed by atoms with Gasteiger partial charge >= 0.3 is 17.6 Å². The van der Waals surface area contributed by atoms with Crippen LogP contribution >= 0.6 is 0 Å². The van der Waals surface area contributed by atoms with E-state index in [1.165, 1.54) is 29.8 Å². The smallest absolute Gasteiger partial charge is 0.419 e. The zero-order valence-corrected chi connectivity index (χ0v) is 9.31. The molecule has 0 amide bonds. The van der Waals surface area contributed by atoms with E-state index in [2.05, 4.69) is 0 Å². The second kappa shape index (κ2) is 3.94. The van der Waals surface area contributed by atoms with E-state index < -0.39 is 24.1 Å². The van der Waals surface area contributed by atoms with Crippen molar-refractivity contribution >= 4 is 17.1 Å². The molecule has 0 radical (unpaired) electrons. The number of rotatable bonds is 3. The van der Waals surface area contributed by atoms with Crippen LogP contribution in [0.5, 0.6) is 0 Å². The molecular weight excluding hydrogens is 248 g/mol. The molecular formula is C11H9F2NO4. The topological polar surface area (TPSA) is 72.4 Å². The summed E-state index contributed by atoms with van der Waals surface area (Å²) in [6, 6.07) is 4.02. The molecule has 1 heterocycles. The van der Waals surface area contributed by atoms with Crippen LogP contribution in [0, 0.1) is 0 Å². The van der Waals surface area contributed by atoms with Gasteiger partial charge in [-0.25, -0.2) is 9.59 Å². The van der Waals surface area contributed by atoms with Crippen molar-refractivity contribution in [2.45, 2.75) is 12.3 Å². The molecule has 0 bridgehead atoms. The third kappa shape index (κ3) is 1.99. The quantitative estimate of drug-likeness (QED) is 0.901. The van der Waals surface area contributed by atoms with Crippen molar-refractivity contribution in [3.63, 3.8) is 0 Å². The van der Waals surface area contributed by atoms with E-state index in [1.807, 2.05) is 0 Å². The number of carbonyl (C=O) groups is 1. The van der Waals surface area contributed by atoms with Gasteiger partial charge in [0.2, 0.25) is 0 Å². The van der Waals surface area contributed by atoms with Crippen LogP contribution in [0.15, 0.2) is 27.4 Å². The number of aromatic nitrogens is 1. The molecule has 0 spiro atoms. The predicted octanol–water partition coefficient (Wildman–Crippen LogP) is 1.39. The summed E-state index contributed by atoms with van der Waals surface area (Å²) >= 11 is 0. The predicted molar refractivity (Wildman–Crippen MR) is 57.7 cm³/mol. The highest BCUT2D eigenvalue weighted by atomic mass is 19.3. The van der Waals surface area contributed by atoms with Gasteiger partial charge in [-0.2, -0.15) is 8.78 Å². The Morgan fingerprint density at radius 3 is 2.78 bits per heavy atom. The lowest BCUT2D eigenvalue weighted by Crippen LogP contribution is -2.30. The monoisotopic (exact) mass is 257 g/mol.